The van der Waals surface area contributed by atoms with Gasteiger partial charge in [0, 0.05) is 31.6 Å². The van der Waals surface area contributed by atoms with Crippen molar-refractivity contribution in [1.82, 2.24) is 9.80 Å². The van der Waals surface area contributed by atoms with E-state index < -0.39 is 5.60 Å². The molecule has 2 aliphatic rings. The predicted octanol–water partition coefficient (Wildman–Crippen LogP) is 1.31. The van der Waals surface area contributed by atoms with Crippen molar-refractivity contribution in [2.45, 2.75) is 26.4 Å². The first-order chi connectivity index (χ1) is 8.25. The van der Waals surface area contributed by atoms with Crippen molar-refractivity contribution in [1.29, 1.82) is 0 Å². The predicted molar refractivity (Wildman–Crippen MR) is 64.2 cm³/mol. The molecule has 2 heterocycles. The van der Waals surface area contributed by atoms with E-state index in [-0.39, 0.29) is 17.6 Å². The minimum absolute atomic E-state index is 0.0745. The van der Waals surface area contributed by atoms with Crippen molar-refractivity contribution < 1.29 is 19.1 Å². The fourth-order valence-electron chi connectivity index (χ4n) is 2.44. The van der Waals surface area contributed by atoms with Crippen LogP contribution in [0.4, 0.5) is 9.59 Å². The van der Waals surface area contributed by atoms with Crippen molar-refractivity contribution in [3.8, 4) is 0 Å². The van der Waals surface area contributed by atoms with Crippen LogP contribution in [0.5, 0.6) is 0 Å². The molecule has 0 unspecified atom stereocenters. The van der Waals surface area contributed by atoms with Gasteiger partial charge < -0.3 is 19.3 Å². The third-order valence-corrected chi connectivity index (χ3v) is 3.19. The quantitative estimate of drug-likeness (QED) is 0.655. The molecule has 0 aromatic carbocycles. The normalized spacial score (nSPS) is 21.1. The van der Waals surface area contributed by atoms with Gasteiger partial charge in [0.25, 0.3) is 0 Å². The fourth-order valence-corrected chi connectivity index (χ4v) is 2.44. The third-order valence-electron chi connectivity index (χ3n) is 3.19. The second-order valence-electron chi connectivity index (χ2n) is 6.16. The molecule has 6 heteroatoms. The van der Waals surface area contributed by atoms with E-state index in [4.69, 9.17) is 4.74 Å². The Bertz CT molecular complexity index is 361. The molecule has 6 nitrogen and oxygen atoms in total. The first-order valence-corrected chi connectivity index (χ1v) is 6.06. The van der Waals surface area contributed by atoms with Crippen molar-refractivity contribution >= 4 is 12.2 Å². The summed E-state index contributed by atoms with van der Waals surface area (Å²) < 4.78 is 9.92. The zero-order valence-corrected chi connectivity index (χ0v) is 11.4. The Morgan fingerprint density at radius 3 is 1.83 bits per heavy atom. The lowest BCUT2D eigenvalue weighted by Gasteiger charge is -2.59. The van der Waals surface area contributed by atoms with Gasteiger partial charge in [0.1, 0.15) is 5.60 Å². The number of methoxy groups -OCH3 is 1. The Labute approximate surface area is 107 Å². The summed E-state index contributed by atoms with van der Waals surface area (Å²) in [7, 11) is 1.38. The average Bonchev–Trinajstić information content (AvgIpc) is 2.09. The van der Waals surface area contributed by atoms with Gasteiger partial charge in [-0.15, -0.1) is 0 Å². The van der Waals surface area contributed by atoms with Gasteiger partial charge in [-0.05, 0) is 20.8 Å². The Morgan fingerprint density at radius 1 is 1.00 bits per heavy atom. The SMILES string of the molecule is COC(=O)N1CC2(C1)CN(C(=O)OC(C)(C)C)C2. The summed E-state index contributed by atoms with van der Waals surface area (Å²) in [6, 6.07) is 0. The molecular formula is C12H20N2O4. The molecule has 0 aromatic rings. The van der Waals surface area contributed by atoms with Gasteiger partial charge in [0.05, 0.1) is 7.11 Å². The van der Waals surface area contributed by atoms with Crippen LogP contribution in [0.1, 0.15) is 20.8 Å². The van der Waals surface area contributed by atoms with Crippen LogP contribution in [0.3, 0.4) is 0 Å². The highest BCUT2D eigenvalue weighted by molar-refractivity contribution is 5.71. The van der Waals surface area contributed by atoms with E-state index in [1.807, 2.05) is 20.8 Å². The second-order valence-corrected chi connectivity index (χ2v) is 6.16. The van der Waals surface area contributed by atoms with Crippen LogP contribution in [0, 0.1) is 5.41 Å². The van der Waals surface area contributed by atoms with E-state index in [2.05, 4.69) is 4.74 Å². The Kier molecular flexibility index (Phi) is 2.91. The molecule has 2 aliphatic heterocycles. The van der Waals surface area contributed by atoms with E-state index in [0.717, 1.165) is 0 Å². The number of rotatable bonds is 0. The van der Waals surface area contributed by atoms with Crippen molar-refractivity contribution in [2.75, 3.05) is 33.3 Å². The minimum Gasteiger partial charge on any atom is -0.453 e. The average molecular weight is 256 g/mol. The van der Waals surface area contributed by atoms with Crippen LogP contribution in [0.25, 0.3) is 0 Å². The van der Waals surface area contributed by atoms with E-state index in [1.165, 1.54) is 7.11 Å². The van der Waals surface area contributed by atoms with Crippen LogP contribution >= 0.6 is 0 Å². The molecule has 2 saturated heterocycles. The van der Waals surface area contributed by atoms with Gasteiger partial charge in [-0.1, -0.05) is 0 Å². The molecule has 0 aromatic heterocycles. The van der Waals surface area contributed by atoms with Crippen molar-refractivity contribution in [3.63, 3.8) is 0 Å². The zero-order chi connectivity index (χ0) is 13.6. The summed E-state index contributed by atoms with van der Waals surface area (Å²) in [5, 5.41) is 0. The van der Waals surface area contributed by atoms with Crippen LogP contribution in [0.2, 0.25) is 0 Å². The summed E-state index contributed by atoms with van der Waals surface area (Å²) in [5.74, 6) is 0. The number of likely N-dealkylation sites (tertiary alicyclic amines) is 2. The molecule has 2 amide bonds. The summed E-state index contributed by atoms with van der Waals surface area (Å²) >= 11 is 0. The molecule has 102 valence electrons. The largest absolute Gasteiger partial charge is 0.453 e. The summed E-state index contributed by atoms with van der Waals surface area (Å²) in [4.78, 5) is 26.3. The second kappa shape index (κ2) is 4.03. The standard InChI is InChI=1S/C12H20N2O4/c1-11(2,3)18-10(16)14-7-12(8-14)5-13(6-12)9(15)17-4/h5-8H2,1-4H3. The molecule has 2 rings (SSSR count). The molecule has 0 aliphatic carbocycles. The highest BCUT2D eigenvalue weighted by atomic mass is 16.6. The van der Waals surface area contributed by atoms with Gasteiger partial charge >= 0.3 is 12.2 Å². The molecule has 18 heavy (non-hydrogen) atoms. The molecule has 2 fully saturated rings. The van der Waals surface area contributed by atoms with Crippen molar-refractivity contribution in [3.05, 3.63) is 0 Å². The summed E-state index contributed by atoms with van der Waals surface area (Å²) in [6.45, 7) is 8.21. The molecule has 0 saturated carbocycles. The number of carbonyl (C=O) groups is 2. The molecule has 0 radical (unpaired) electrons. The van der Waals surface area contributed by atoms with Gasteiger partial charge in [-0.3, -0.25) is 0 Å². The Balaban J connectivity index is 1.75. The highest BCUT2D eigenvalue weighted by Gasteiger charge is 2.55. The number of nitrogens with zero attached hydrogens (tertiary/aromatic N) is 2. The van der Waals surface area contributed by atoms with Crippen LogP contribution in [-0.2, 0) is 9.47 Å². The Hall–Kier alpha value is -1.46. The lowest BCUT2D eigenvalue weighted by molar-refractivity contribution is -0.102. The van der Waals surface area contributed by atoms with Crippen LogP contribution < -0.4 is 0 Å². The lowest BCUT2D eigenvalue weighted by Crippen LogP contribution is -2.73. The van der Waals surface area contributed by atoms with Gasteiger partial charge in [0.15, 0.2) is 0 Å². The molecule has 1 spiro atoms. The maximum Gasteiger partial charge on any atom is 0.410 e. The molecule has 0 bridgehead atoms. The maximum atomic E-state index is 11.7. The van der Waals surface area contributed by atoms with Gasteiger partial charge in [0.2, 0.25) is 0 Å². The number of ether oxygens (including phenoxy) is 2. The first kappa shape index (κ1) is 13.0. The van der Waals surface area contributed by atoms with E-state index in [0.29, 0.717) is 26.2 Å². The van der Waals surface area contributed by atoms with Crippen LogP contribution in [0.15, 0.2) is 0 Å². The van der Waals surface area contributed by atoms with Gasteiger partial charge in [-0.25, -0.2) is 9.59 Å². The first-order valence-electron chi connectivity index (χ1n) is 6.06. The molecule has 0 N–H and O–H groups in total. The summed E-state index contributed by atoms with van der Waals surface area (Å²) in [6.07, 6.45) is -0.569. The number of amides is 2. The van der Waals surface area contributed by atoms with Gasteiger partial charge in [-0.2, -0.15) is 0 Å². The maximum absolute atomic E-state index is 11.7. The summed E-state index contributed by atoms with van der Waals surface area (Å²) in [5.41, 5.74) is -0.386. The topological polar surface area (TPSA) is 59.1 Å². The fraction of sp³-hybridized carbons (Fsp3) is 0.833. The number of carbonyl (C=O) groups excluding carboxylic acids is 2. The van der Waals surface area contributed by atoms with Crippen LogP contribution in [-0.4, -0.2) is 60.9 Å². The molecular weight excluding hydrogens is 236 g/mol. The smallest absolute Gasteiger partial charge is 0.410 e. The van der Waals surface area contributed by atoms with E-state index in [9.17, 15) is 9.59 Å². The number of hydrogen-bond donors (Lipinski definition) is 0. The third kappa shape index (κ3) is 2.37. The minimum atomic E-state index is -0.461. The van der Waals surface area contributed by atoms with E-state index >= 15 is 0 Å². The zero-order valence-electron chi connectivity index (χ0n) is 11.4. The Morgan fingerprint density at radius 2 is 1.44 bits per heavy atom. The monoisotopic (exact) mass is 256 g/mol. The lowest BCUT2D eigenvalue weighted by atomic mass is 9.73. The number of hydrogen-bond acceptors (Lipinski definition) is 4. The molecule has 0 atom stereocenters. The van der Waals surface area contributed by atoms with E-state index in [1.54, 1.807) is 9.80 Å². The highest BCUT2D eigenvalue weighted by Crippen LogP contribution is 2.40. The van der Waals surface area contributed by atoms with Crippen molar-refractivity contribution in [2.24, 2.45) is 5.41 Å².